The smallest absolute Gasteiger partial charge is 0.209 e. The maximum atomic E-state index is 9.62. The van der Waals surface area contributed by atoms with Crippen molar-refractivity contribution in [3.63, 3.8) is 0 Å². The molecule has 3 N–H and O–H groups in total. The minimum Gasteiger partial charge on any atom is -0.493 e. The van der Waals surface area contributed by atoms with E-state index in [0.717, 1.165) is 21.5 Å². The Morgan fingerprint density at radius 1 is 1.21 bits per heavy atom. The lowest BCUT2D eigenvalue weighted by Crippen LogP contribution is -2.36. The first-order chi connectivity index (χ1) is 6.86. The highest BCUT2D eigenvalue weighted by Crippen LogP contribution is 2.04. The number of fused-ring (bicyclic) bond motifs is 3. The predicted octanol–water partition coefficient (Wildman–Crippen LogP) is 0.175. The van der Waals surface area contributed by atoms with Crippen molar-refractivity contribution in [3.05, 3.63) is 34.8 Å². The van der Waals surface area contributed by atoms with Crippen LogP contribution in [-0.2, 0) is 0 Å². The van der Waals surface area contributed by atoms with Crippen molar-refractivity contribution in [3.8, 4) is 0 Å². The lowest BCUT2D eigenvalue weighted by Gasteiger charge is -2.03. The van der Waals surface area contributed by atoms with E-state index in [2.05, 4.69) is 22.4 Å². The number of hydrogen-bond acceptors (Lipinski definition) is 2. The number of aliphatic hydroxyl groups is 1. The van der Waals surface area contributed by atoms with Crippen LogP contribution in [0, 0.1) is 0 Å². The quantitative estimate of drug-likeness (QED) is 0.549. The Labute approximate surface area is 80.4 Å². The zero-order chi connectivity index (χ0) is 9.54. The molecule has 70 valence electrons. The number of nitrogens with one attached hydrogen (secondary N) is 2. The van der Waals surface area contributed by atoms with Gasteiger partial charge in [0.15, 0.2) is 0 Å². The summed E-state index contributed by atoms with van der Waals surface area (Å²) in [5.41, 5.74) is 1.06. The van der Waals surface area contributed by atoms with E-state index in [0.29, 0.717) is 6.54 Å². The maximum Gasteiger partial charge on any atom is 0.209 e. The van der Waals surface area contributed by atoms with E-state index in [9.17, 15) is 5.11 Å². The Morgan fingerprint density at radius 3 is 3.00 bits per heavy atom. The third-order valence-electron chi connectivity index (χ3n) is 2.56. The second kappa shape index (κ2) is 2.54. The van der Waals surface area contributed by atoms with Crippen LogP contribution in [0.4, 0.5) is 0 Å². The molecule has 1 aliphatic rings. The molecule has 0 radical (unpaired) electrons. The van der Waals surface area contributed by atoms with Crippen LogP contribution >= 0.6 is 0 Å². The van der Waals surface area contributed by atoms with Crippen molar-refractivity contribution >= 4 is 22.9 Å². The Bertz CT molecular complexity index is 610. The van der Waals surface area contributed by atoms with E-state index in [1.54, 1.807) is 0 Å². The van der Waals surface area contributed by atoms with Crippen LogP contribution in [0.3, 0.4) is 0 Å². The van der Waals surface area contributed by atoms with Gasteiger partial charge in [0.05, 0.1) is 0 Å². The molecule has 0 atom stereocenters. The van der Waals surface area contributed by atoms with Crippen molar-refractivity contribution < 1.29 is 5.11 Å². The third kappa shape index (κ3) is 0.865. The van der Waals surface area contributed by atoms with Gasteiger partial charge in [-0.15, -0.1) is 0 Å². The Morgan fingerprint density at radius 2 is 2.07 bits per heavy atom. The van der Waals surface area contributed by atoms with Gasteiger partial charge in [0.2, 0.25) is 5.88 Å². The van der Waals surface area contributed by atoms with Gasteiger partial charge in [0.1, 0.15) is 5.35 Å². The summed E-state index contributed by atoms with van der Waals surface area (Å²) in [6.07, 6.45) is 2.08. The zero-order valence-corrected chi connectivity index (χ0v) is 7.54. The molecule has 0 aliphatic carbocycles. The SMILES string of the molecule is OC1=c2[nH]c3ccccc3c2=CCN1. The molecule has 1 aromatic carbocycles. The highest BCUT2D eigenvalue weighted by atomic mass is 16.3. The monoisotopic (exact) mass is 186 g/mol. The molecule has 14 heavy (non-hydrogen) atoms. The first-order valence-electron chi connectivity index (χ1n) is 4.60. The van der Waals surface area contributed by atoms with Crippen molar-refractivity contribution in [2.75, 3.05) is 6.54 Å². The minimum absolute atomic E-state index is 0.235. The van der Waals surface area contributed by atoms with Crippen LogP contribution in [0.15, 0.2) is 24.3 Å². The first-order valence-corrected chi connectivity index (χ1v) is 4.60. The normalized spacial score (nSPS) is 14.7. The van der Waals surface area contributed by atoms with Crippen LogP contribution in [0.25, 0.3) is 22.9 Å². The van der Waals surface area contributed by atoms with Crippen LogP contribution in [0.5, 0.6) is 0 Å². The number of benzene rings is 1. The maximum absolute atomic E-state index is 9.62. The van der Waals surface area contributed by atoms with Gasteiger partial charge in [-0.05, 0) is 6.07 Å². The molecule has 0 amide bonds. The lowest BCUT2D eigenvalue weighted by atomic mass is 10.2. The van der Waals surface area contributed by atoms with E-state index in [1.165, 1.54) is 0 Å². The number of H-pyrrole nitrogens is 1. The molecular formula is C11H10N2O. The van der Waals surface area contributed by atoms with Crippen molar-refractivity contribution in [1.82, 2.24) is 10.3 Å². The first kappa shape index (κ1) is 7.50. The zero-order valence-electron chi connectivity index (χ0n) is 7.54. The van der Waals surface area contributed by atoms with Gasteiger partial charge in [-0.2, -0.15) is 0 Å². The molecule has 2 aromatic rings. The van der Waals surface area contributed by atoms with E-state index >= 15 is 0 Å². The number of hydrogen-bond donors (Lipinski definition) is 3. The van der Waals surface area contributed by atoms with Crippen LogP contribution in [-0.4, -0.2) is 16.6 Å². The number of aromatic nitrogens is 1. The molecule has 0 saturated carbocycles. The summed E-state index contributed by atoms with van der Waals surface area (Å²) in [6.45, 7) is 0.681. The fraction of sp³-hybridized carbons (Fsp3) is 0.0909. The average molecular weight is 186 g/mol. The summed E-state index contributed by atoms with van der Waals surface area (Å²) in [5.74, 6) is 0.235. The van der Waals surface area contributed by atoms with Crippen molar-refractivity contribution in [2.24, 2.45) is 0 Å². The fourth-order valence-electron chi connectivity index (χ4n) is 1.90. The molecule has 2 heterocycles. The predicted molar refractivity (Wildman–Crippen MR) is 56.1 cm³/mol. The highest BCUT2D eigenvalue weighted by Gasteiger charge is 2.06. The standard InChI is InChI=1S/C11H10N2O/c14-11-10-8(5-6-12-11)7-3-1-2-4-9(7)13-10/h1-5,12-14H,6H2. The number of aliphatic hydroxyl groups excluding tert-OH is 1. The summed E-state index contributed by atoms with van der Waals surface area (Å²) < 4.78 is 0. The van der Waals surface area contributed by atoms with Crippen LogP contribution < -0.4 is 15.9 Å². The summed E-state index contributed by atoms with van der Waals surface area (Å²) in [4.78, 5) is 3.18. The average Bonchev–Trinajstić information content (AvgIpc) is 2.59. The molecule has 0 bridgehead atoms. The number of para-hydroxylation sites is 1. The third-order valence-corrected chi connectivity index (χ3v) is 2.56. The topological polar surface area (TPSA) is 48.0 Å². The van der Waals surface area contributed by atoms with Crippen LogP contribution in [0.2, 0.25) is 0 Å². The molecule has 0 fully saturated rings. The van der Waals surface area contributed by atoms with Crippen molar-refractivity contribution in [2.45, 2.75) is 0 Å². The summed E-state index contributed by atoms with van der Waals surface area (Å²) in [7, 11) is 0. The van der Waals surface area contributed by atoms with Gasteiger partial charge in [0.25, 0.3) is 0 Å². The molecule has 3 nitrogen and oxygen atoms in total. The lowest BCUT2D eigenvalue weighted by molar-refractivity contribution is 0.461. The van der Waals surface area contributed by atoms with E-state index < -0.39 is 0 Å². The van der Waals surface area contributed by atoms with E-state index in [-0.39, 0.29) is 5.88 Å². The Balaban J connectivity index is 2.63. The molecule has 1 aliphatic heterocycles. The Hall–Kier alpha value is -1.90. The highest BCUT2D eigenvalue weighted by molar-refractivity contribution is 5.81. The van der Waals surface area contributed by atoms with E-state index in [4.69, 9.17) is 0 Å². The molecule has 1 aromatic heterocycles. The number of aromatic amines is 1. The molecule has 3 heteroatoms. The fourth-order valence-corrected chi connectivity index (χ4v) is 1.90. The van der Waals surface area contributed by atoms with Gasteiger partial charge in [-0.1, -0.05) is 24.3 Å². The molecular weight excluding hydrogens is 176 g/mol. The Kier molecular flexibility index (Phi) is 1.36. The molecule has 0 unspecified atom stereocenters. The minimum atomic E-state index is 0.235. The summed E-state index contributed by atoms with van der Waals surface area (Å²) >= 11 is 0. The molecule has 0 saturated heterocycles. The second-order valence-electron chi connectivity index (χ2n) is 3.39. The van der Waals surface area contributed by atoms with Gasteiger partial charge in [0, 0.05) is 22.7 Å². The summed E-state index contributed by atoms with van der Waals surface area (Å²) in [5, 5.41) is 15.5. The number of rotatable bonds is 0. The van der Waals surface area contributed by atoms with Crippen molar-refractivity contribution in [1.29, 1.82) is 0 Å². The van der Waals surface area contributed by atoms with Gasteiger partial charge in [-0.3, -0.25) is 0 Å². The van der Waals surface area contributed by atoms with Gasteiger partial charge >= 0.3 is 0 Å². The van der Waals surface area contributed by atoms with Gasteiger partial charge < -0.3 is 15.4 Å². The molecule has 3 rings (SSSR count). The second-order valence-corrected chi connectivity index (χ2v) is 3.39. The van der Waals surface area contributed by atoms with Crippen LogP contribution in [0.1, 0.15) is 0 Å². The largest absolute Gasteiger partial charge is 0.493 e. The van der Waals surface area contributed by atoms with Gasteiger partial charge in [-0.25, -0.2) is 0 Å². The van der Waals surface area contributed by atoms with E-state index in [1.807, 2.05) is 18.2 Å². The summed E-state index contributed by atoms with van der Waals surface area (Å²) in [6, 6.07) is 8.05. The molecule has 0 spiro atoms.